The van der Waals surface area contributed by atoms with Gasteiger partial charge < -0.3 is 10.4 Å². The fraction of sp³-hybridized carbons (Fsp3) is 0.273. The molecule has 0 atom stereocenters. The number of benzene rings is 2. The summed E-state index contributed by atoms with van der Waals surface area (Å²) in [5.74, 6) is -2.07. The van der Waals surface area contributed by atoms with E-state index in [4.69, 9.17) is 5.11 Å². The van der Waals surface area contributed by atoms with E-state index < -0.39 is 65.4 Å². The summed E-state index contributed by atoms with van der Waals surface area (Å²) in [5.41, 5.74) is -5.06. The van der Waals surface area contributed by atoms with Gasteiger partial charge in [-0.3, -0.25) is 9.36 Å². The fourth-order valence-electron chi connectivity index (χ4n) is 3.23. The summed E-state index contributed by atoms with van der Waals surface area (Å²) < 4.78 is 81.4. The summed E-state index contributed by atoms with van der Waals surface area (Å²) in [6, 6.07) is 7.20. The fourth-order valence-corrected chi connectivity index (χ4v) is 3.23. The molecule has 36 heavy (non-hydrogen) atoms. The third kappa shape index (κ3) is 6.12. The van der Waals surface area contributed by atoms with Gasteiger partial charge in [-0.15, -0.1) is 0 Å². The summed E-state index contributed by atoms with van der Waals surface area (Å²) >= 11 is 0. The van der Waals surface area contributed by atoms with Crippen LogP contribution >= 0.6 is 0 Å². The highest BCUT2D eigenvalue weighted by atomic mass is 19.4. The van der Waals surface area contributed by atoms with E-state index in [9.17, 15) is 40.7 Å². The average Bonchev–Trinajstić information content (AvgIpc) is 2.76. The summed E-state index contributed by atoms with van der Waals surface area (Å²) in [7, 11) is 0. The average molecular weight is 516 g/mol. The highest BCUT2D eigenvalue weighted by Crippen LogP contribution is 2.39. The number of carboxylic acid groups (broad SMARTS) is 1. The van der Waals surface area contributed by atoms with E-state index in [1.807, 2.05) is 0 Å². The van der Waals surface area contributed by atoms with Crippen molar-refractivity contribution in [3.8, 4) is 0 Å². The third-order valence-corrected chi connectivity index (χ3v) is 5.06. The molecule has 1 heterocycles. The number of aliphatic carboxylic acids is 1. The van der Waals surface area contributed by atoms with Crippen LogP contribution in [0.3, 0.4) is 0 Å². The summed E-state index contributed by atoms with van der Waals surface area (Å²) in [5, 5.41) is 10.9. The number of carboxylic acids is 1. The highest BCUT2D eigenvalue weighted by Gasteiger charge is 2.37. The van der Waals surface area contributed by atoms with Crippen molar-refractivity contribution >= 4 is 17.6 Å². The van der Waals surface area contributed by atoms with Gasteiger partial charge in [-0.05, 0) is 30.7 Å². The second kappa shape index (κ2) is 9.87. The molecule has 3 rings (SSSR count). The minimum absolute atomic E-state index is 0.196. The number of aryl methyl sites for hydroxylation is 1. The quantitative estimate of drug-likeness (QED) is 0.460. The van der Waals surface area contributed by atoms with Gasteiger partial charge >= 0.3 is 29.7 Å². The smallest absolute Gasteiger partial charge is 0.418 e. The lowest BCUT2D eigenvalue weighted by atomic mass is 10.1. The van der Waals surface area contributed by atoms with Gasteiger partial charge in [0.2, 0.25) is 5.95 Å². The monoisotopic (exact) mass is 516 g/mol. The Balaban J connectivity index is 2.20. The zero-order chi connectivity index (χ0) is 26.8. The van der Waals surface area contributed by atoms with Crippen molar-refractivity contribution < 1.29 is 36.2 Å². The maximum atomic E-state index is 13.5. The number of alkyl halides is 6. The molecule has 2 N–H and O–H groups in total. The molecule has 0 radical (unpaired) electrons. The van der Waals surface area contributed by atoms with Gasteiger partial charge in [0.25, 0.3) is 0 Å². The molecule has 3 aromatic rings. The van der Waals surface area contributed by atoms with Crippen molar-refractivity contribution in [2.45, 2.75) is 38.8 Å². The topological polar surface area (TPSA) is 106 Å². The molecule has 0 spiro atoms. The molecule has 192 valence electrons. The Labute approximate surface area is 198 Å². The maximum absolute atomic E-state index is 13.5. The minimum atomic E-state index is -5.08. The summed E-state index contributed by atoms with van der Waals surface area (Å²) in [4.78, 5) is 39.9. The first-order valence-electron chi connectivity index (χ1n) is 10.2. The van der Waals surface area contributed by atoms with Gasteiger partial charge in [-0.25, -0.2) is 14.2 Å². The Hall–Kier alpha value is -4.10. The van der Waals surface area contributed by atoms with E-state index in [2.05, 4.69) is 10.3 Å². The summed E-state index contributed by atoms with van der Waals surface area (Å²) in [6.45, 7) is 0.872. The van der Waals surface area contributed by atoms with Crippen molar-refractivity contribution in [2.24, 2.45) is 0 Å². The molecule has 0 saturated carbocycles. The Morgan fingerprint density at radius 2 is 1.61 bits per heavy atom. The zero-order valence-corrected chi connectivity index (χ0v) is 18.4. The molecule has 0 fully saturated rings. The molecule has 2 aromatic carbocycles. The van der Waals surface area contributed by atoms with Gasteiger partial charge in [0, 0.05) is 6.54 Å². The van der Waals surface area contributed by atoms with Crippen LogP contribution in [0.1, 0.15) is 28.7 Å². The lowest BCUT2D eigenvalue weighted by Gasteiger charge is -2.19. The SMILES string of the molecule is Cc1ccc(Cn2c(Nc3cc(C(F)(F)F)ccc3C(F)(F)F)nc(=O)n(CCC(=O)O)c2=O)cc1. The Bertz CT molecular complexity index is 1390. The second-order valence-electron chi connectivity index (χ2n) is 7.75. The first-order valence-corrected chi connectivity index (χ1v) is 10.2. The van der Waals surface area contributed by atoms with Crippen LogP contribution in [0.2, 0.25) is 0 Å². The van der Waals surface area contributed by atoms with Crippen molar-refractivity contribution in [3.05, 3.63) is 85.7 Å². The van der Waals surface area contributed by atoms with E-state index in [0.717, 1.165) is 10.1 Å². The Kier molecular flexibility index (Phi) is 7.27. The van der Waals surface area contributed by atoms with Crippen LogP contribution in [0.5, 0.6) is 0 Å². The number of anilines is 2. The number of hydrogen-bond acceptors (Lipinski definition) is 5. The van der Waals surface area contributed by atoms with Crippen LogP contribution in [0, 0.1) is 6.92 Å². The molecule has 0 aliphatic carbocycles. The van der Waals surface area contributed by atoms with E-state index in [0.29, 0.717) is 10.1 Å². The molecule has 8 nitrogen and oxygen atoms in total. The standard InChI is InChI=1S/C22H18F6N4O4/c1-12-2-4-13(5-3-12)11-32-18(30-19(35)31(20(32)36)9-8-17(33)34)29-16-10-14(21(23,24)25)6-7-15(16)22(26,27)28/h2-7,10H,8-9,11H2,1H3,(H,33,34)(H,29,30,35). The second-order valence-corrected chi connectivity index (χ2v) is 7.75. The molecule has 14 heteroatoms. The molecule has 0 saturated heterocycles. The molecular weight excluding hydrogens is 498 g/mol. The molecule has 0 bridgehead atoms. The van der Waals surface area contributed by atoms with Gasteiger partial charge in [-0.2, -0.15) is 31.3 Å². The van der Waals surface area contributed by atoms with Crippen LogP contribution in [-0.4, -0.2) is 25.2 Å². The van der Waals surface area contributed by atoms with E-state index in [1.54, 1.807) is 31.2 Å². The minimum Gasteiger partial charge on any atom is -0.481 e. The van der Waals surface area contributed by atoms with E-state index in [-0.39, 0.29) is 24.7 Å². The van der Waals surface area contributed by atoms with Gasteiger partial charge in [0.05, 0.1) is 29.8 Å². The van der Waals surface area contributed by atoms with Gasteiger partial charge in [0.1, 0.15) is 0 Å². The molecule has 0 amide bonds. The van der Waals surface area contributed by atoms with Crippen LogP contribution in [0.25, 0.3) is 0 Å². The number of halogens is 6. The van der Waals surface area contributed by atoms with Crippen molar-refractivity contribution in [1.29, 1.82) is 0 Å². The van der Waals surface area contributed by atoms with E-state index >= 15 is 0 Å². The zero-order valence-electron chi connectivity index (χ0n) is 18.4. The lowest BCUT2D eigenvalue weighted by molar-refractivity contribution is -0.140. The largest absolute Gasteiger partial charge is 0.481 e. The first kappa shape index (κ1) is 26.5. The highest BCUT2D eigenvalue weighted by molar-refractivity contribution is 5.66. The molecule has 1 aromatic heterocycles. The number of nitrogens with one attached hydrogen (secondary N) is 1. The van der Waals surface area contributed by atoms with Crippen molar-refractivity contribution in [1.82, 2.24) is 14.1 Å². The predicted molar refractivity (Wildman–Crippen MR) is 115 cm³/mol. The van der Waals surface area contributed by atoms with Crippen molar-refractivity contribution in [2.75, 3.05) is 5.32 Å². The first-order chi connectivity index (χ1) is 16.7. The number of carbonyl (C=O) groups is 1. The maximum Gasteiger partial charge on any atom is 0.418 e. The molecule has 0 unspecified atom stereocenters. The molecule has 0 aliphatic rings. The van der Waals surface area contributed by atoms with Crippen LogP contribution in [-0.2, 0) is 30.2 Å². The van der Waals surface area contributed by atoms with Crippen LogP contribution in [0.15, 0.2) is 52.1 Å². The number of hydrogen-bond donors (Lipinski definition) is 2. The Morgan fingerprint density at radius 3 is 2.17 bits per heavy atom. The predicted octanol–water partition coefficient (Wildman–Crippen LogP) is 4.02. The number of nitrogens with zero attached hydrogens (tertiary/aromatic N) is 3. The van der Waals surface area contributed by atoms with Gasteiger partial charge in [-0.1, -0.05) is 29.8 Å². The Morgan fingerprint density at radius 1 is 0.972 bits per heavy atom. The number of aromatic nitrogens is 3. The molecular formula is C22H18F6N4O4. The normalized spacial score (nSPS) is 12.0. The van der Waals surface area contributed by atoms with Crippen LogP contribution in [0.4, 0.5) is 38.0 Å². The van der Waals surface area contributed by atoms with Gasteiger partial charge in [0.15, 0.2) is 0 Å². The number of rotatable bonds is 7. The van der Waals surface area contributed by atoms with E-state index in [1.165, 1.54) is 0 Å². The van der Waals surface area contributed by atoms with Crippen LogP contribution < -0.4 is 16.7 Å². The lowest BCUT2D eigenvalue weighted by Crippen LogP contribution is -2.43. The third-order valence-electron chi connectivity index (χ3n) is 5.06. The summed E-state index contributed by atoms with van der Waals surface area (Å²) in [6.07, 6.45) is -10.7. The van der Waals surface area contributed by atoms with Crippen molar-refractivity contribution in [3.63, 3.8) is 0 Å². The molecule has 0 aliphatic heterocycles.